The molecule has 0 N–H and O–H groups in total. The molecule has 0 spiro atoms. The van der Waals surface area contributed by atoms with Gasteiger partial charge in [-0.3, -0.25) is 14.5 Å². The monoisotopic (exact) mass is 347 g/mol. The number of halogens is 3. The van der Waals surface area contributed by atoms with Gasteiger partial charge in [0.25, 0.3) is 5.92 Å². The van der Waals surface area contributed by atoms with Crippen molar-refractivity contribution in [3.63, 3.8) is 0 Å². The van der Waals surface area contributed by atoms with Gasteiger partial charge < -0.3 is 0 Å². The van der Waals surface area contributed by atoms with Gasteiger partial charge in [-0.25, -0.2) is 13.2 Å². The second-order valence-electron chi connectivity index (χ2n) is 5.91. The lowest BCUT2D eigenvalue weighted by Gasteiger charge is -2.13. The van der Waals surface area contributed by atoms with Crippen molar-refractivity contribution >= 4 is 16.8 Å². The lowest BCUT2D eigenvalue weighted by molar-refractivity contribution is -0.119. The van der Waals surface area contributed by atoms with E-state index in [-0.39, 0.29) is 12.3 Å². The van der Waals surface area contributed by atoms with Crippen molar-refractivity contribution in [3.8, 4) is 11.1 Å². The van der Waals surface area contributed by atoms with Crippen LogP contribution in [0, 0.1) is 5.82 Å². The maximum absolute atomic E-state index is 13.7. The van der Waals surface area contributed by atoms with Gasteiger partial charge in [-0.1, -0.05) is 13.0 Å². The molecule has 0 bridgehead atoms. The second kappa shape index (κ2) is 6.31. The molecular formula is C18H16F3N3O. The highest BCUT2D eigenvalue weighted by atomic mass is 19.3. The molecule has 7 heteroatoms. The number of nitrogens with zero attached hydrogens (tertiary/aromatic N) is 3. The minimum atomic E-state index is -3.28. The molecule has 3 rings (SSSR count). The van der Waals surface area contributed by atoms with E-state index in [1.54, 1.807) is 19.2 Å². The Labute approximate surface area is 142 Å². The van der Waals surface area contributed by atoms with Gasteiger partial charge in [0.15, 0.2) is 5.78 Å². The van der Waals surface area contributed by atoms with Crippen molar-refractivity contribution in [2.45, 2.75) is 32.7 Å². The van der Waals surface area contributed by atoms with Crippen LogP contribution >= 0.6 is 0 Å². The van der Waals surface area contributed by atoms with E-state index in [1.165, 1.54) is 16.9 Å². The number of ketones is 1. The normalized spacial score (nSPS) is 11.9. The van der Waals surface area contributed by atoms with Gasteiger partial charge in [-0.15, -0.1) is 0 Å². The molecule has 0 aliphatic carbocycles. The van der Waals surface area contributed by atoms with E-state index in [2.05, 4.69) is 10.1 Å². The average Bonchev–Trinajstić information content (AvgIpc) is 2.96. The summed E-state index contributed by atoms with van der Waals surface area (Å²) < 4.78 is 42.3. The van der Waals surface area contributed by atoms with Gasteiger partial charge in [0.1, 0.15) is 17.9 Å². The molecule has 0 atom stereocenters. The lowest BCUT2D eigenvalue weighted by Crippen LogP contribution is -2.10. The highest BCUT2D eigenvalue weighted by molar-refractivity contribution is 5.83. The zero-order chi connectivity index (χ0) is 18.2. The number of hydrogen-bond acceptors (Lipinski definition) is 3. The highest BCUT2D eigenvalue weighted by Crippen LogP contribution is 2.33. The van der Waals surface area contributed by atoms with E-state index in [1.807, 2.05) is 0 Å². The molecule has 0 saturated carbocycles. The van der Waals surface area contributed by atoms with Crippen molar-refractivity contribution < 1.29 is 18.0 Å². The van der Waals surface area contributed by atoms with Crippen LogP contribution in [0.4, 0.5) is 13.2 Å². The molecule has 0 saturated heterocycles. The predicted molar refractivity (Wildman–Crippen MR) is 87.8 cm³/mol. The number of alkyl halides is 2. The van der Waals surface area contributed by atoms with Crippen LogP contribution in [0.3, 0.4) is 0 Å². The Balaban J connectivity index is 2.07. The first kappa shape index (κ1) is 17.1. The number of benzene rings is 1. The van der Waals surface area contributed by atoms with Gasteiger partial charge in [0, 0.05) is 25.1 Å². The molecule has 1 aromatic carbocycles. The largest absolute Gasteiger partial charge is 0.298 e. The van der Waals surface area contributed by atoms with E-state index >= 15 is 0 Å². The van der Waals surface area contributed by atoms with E-state index in [4.69, 9.17) is 0 Å². The number of hydrogen-bond donors (Lipinski definition) is 0. The van der Waals surface area contributed by atoms with Crippen LogP contribution in [-0.2, 0) is 17.3 Å². The number of rotatable bonds is 5. The Kier molecular flexibility index (Phi) is 4.32. The van der Waals surface area contributed by atoms with Crippen molar-refractivity contribution in [1.29, 1.82) is 0 Å². The lowest BCUT2D eigenvalue weighted by atomic mass is 10.0. The van der Waals surface area contributed by atoms with E-state index in [0.29, 0.717) is 35.5 Å². The number of carbonyl (C=O) groups is 1. The number of fused-ring (bicyclic) bond motifs is 1. The van der Waals surface area contributed by atoms with E-state index < -0.39 is 17.3 Å². The SMILES string of the molecule is CCC(=O)Cn1ncc2ncc(-c3ccc(F)c(C(C)(F)F)c3)cc21. The number of carbonyl (C=O) groups excluding carboxylic acids is 1. The summed E-state index contributed by atoms with van der Waals surface area (Å²) in [6.45, 7) is 2.54. The summed E-state index contributed by atoms with van der Waals surface area (Å²) in [4.78, 5) is 15.9. The van der Waals surface area contributed by atoms with Crippen LogP contribution in [-0.4, -0.2) is 20.5 Å². The summed E-state index contributed by atoms with van der Waals surface area (Å²) in [7, 11) is 0. The van der Waals surface area contributed by atoms with E-state index in [0.717, 1.165) is 12.1 Å². The molecular weight excluding hydrogens is 331 g/mol. The standard InChI is InChI=1S/C18H16F3N3O/c1-3-13(25)10-24-17-7-12(8-22-16(17)9-23-24)11-4-5-15(19)14(6-11)18(2,20)21/h4-9H,3,10H2,1-2H3. The maximum atomic E-state index is 13.7. The maximum Gasteiger partial charge on any atom is 0.273 e. The summed E-state index contributed by atoms with van der Waals surface area (Å²) in [5.41, 5.74) is 1.51. The van der Waals surface area contributed by atoms with Crippen LogP contribution in [0.1, 0.15) is 25.8 Å². The van der Waals surface area contributed by atoms with Gasteiger partial charge in [0.2, 0.25) is 0 Å². The number of aromatic nitrogens is 3. The molecule has 2 heterocycles. The van der Waals surface area contributed by atoms with Gasteiger partial charge in [-0.2, -0.15) is 5.10 Å². The fourth-order valence-electron chi connectivity index (χ4n) is 2.56. The summed E-state index contributed by atoms with van der Waals surface area (Å²) in [6, 6.07) is 5.27. The van der Waals surface area contributed by atoms with Crippen LogP contribution in [0.15, 0.2) is 36.7 Å². The molecule has 2 aromatic heterocycles. The minimum Gasteiger partial charge on any atom is -0.298 e. The molecule has 4 nitrogen and oxygen atoms in total. The predicted octanol–water partition coefficient (Wildman–Crippen LogP) is 4.33. The van der Waals surface area contributed by atoms with Crippen LogP contribution in [0.2, 0.25) is 0 Å². The van der Waals surface area contributed by atoms with Crippen LogP contribution in [0.5, 0.6) is 0 Å². The Bertz CT molecular complexity index is 944. The van der Waals surface area contributed by atoms with Gasteiger partial charge in [0.05, 0.1) is 17.3 Å². The van der Waals surface area contributed by atoms with Crippen molar-refractivity contribution in [2.24, 2.45) is 0 Å². The number of pyridine rings is 1. The fourth-order valence-corrected chi connectivity index (χ4v) is 2.56. The molecule has 130 valence electrons. The van der Waals surface area contributed by atoms with Crippen LogP contribution < -0.4 is 0 Å². The zero-order valence-electron chi connectivity index (χ0n) is 13.8. The smallest absolute Gasteiger partial charge is 0.273 e. The molecule has 0 unspecified atom stereocenters. The molecule has 0 fully saturated rings. The Morgan fingerprint density at radius 1 is 1.20 bits per heavy atom. The minimum absolute atomic E-state index is 0.0186. The summed E-state index contributed by atoms with van der Waals surface area (Å²) in [6.07, 6.45) is 3.44. The molecule has 0 amide bonds. The van der Waals surface area contributed by atoms with Crippen molar-refractivity contribution in [1.82, 2.24) is 14.8 Å². The van der Waals surface area contributed by atoms with Gasteiger partial charge in [-0.05, 0) is 23.8 Å². The average molecular weight is 347 g/mol. The quantitative estimate of drug-likeness (QED) is 0.690. The zero-order valence-corrected chi connectivity index (χ0v) is 13.8. The molecule has 25 heavy (non-hydrogen) atoms. The number of Topliss-reactive ketones (excluding diaryl/α,β-unsaturated/α-hetero) is 1. The van der Waals surface area contributed by atoms with Crippen LogP contribution in [0.25, 0.3) is 22.2 Å². The summed E-state index contributed by atoms with van der Waals surface area (Å²) in [5, 5.41) is 4.14. The molecule has 3 aromatic rings. The third-order valence-corrected chi connectivity index (χ3v) is 3.99. The Morgan fingerprint density at radius 2 is 1.96 bits per heavy atom. The molecule has 0 aliphatic heterocycles. The molecule has 0 radical (unpaired) electrons. The third-order valence-electron chi connectivity index (χ3n) is 3.99. The summed E-state index contributed by atoms with van der Waals surface area (Å²) in [5.74, 6) is -4.22. The Morgan fingerprint density at radius 3 is 2.64 bits per heavy atom. The van der Waals surface area contributed by atoms with Crippen molar-refractivity contribution in [2.75, 3.05) is 0 Å². The van der Waals surface area contributed by atoms with Gasteiger partial charge >= 0.3 is 0 Å². The van der Waals surface area contributed by atoms with Crippen molar-refractivity contribution in [3.05, 3.63) is 48.0 Å². The fraction of sp³-hybridized carbons (Fsp3) is 0.278. The second-order valence-corrected chi connectivity index (χ2v) is 5.91. The summed E-state index contributed by atoms with van der Waals surface area (Å²) >= 11 is 0. The third kappa shape index (κ3) is 3.40. The first-order valence-corrected chi connectivity index (χ1v) is 7.81. The first-order valence-electron chi connectivity index (χ1n) is 7.81. The molecule has 0 aliphatic rings. The van der Waals surface area contributed by atoms with E-state index in [9.17, 15) is 18.0 Å². The topological polar surface area (TPSA) is 47.8 Å². The highest BCUT2D eigenvalue weighted by Gasteiger charge is 2.28. The first-order chi connectivity index (χ1) is 11.8. The Hall–Kier alpha value is -2.70.